The number of hydrogen-bond donors (Lipinski definition) is 1. The first-order valence-corrected chi connectivity index (χ1v) is 7.55. The topological polar surface area (TPSA) is 62.5 Å². The minimum Gasteiger partial charge on any atom is -0.389 e. The summed E-state index contributed by atoms with van der Waals surface area (Å²) < 4.78 is 1.37. The number of nitrogens with zero attached hydrogens (tertiary/aromatic N) is 2. The molecule has 5 nitrogen and oxygen atoms in total. The lowest BCUT2D eigenvalue weighted by Crippen LogP contribution is -2.44. The van der Waals surface area contributed by atoms with Crippen molar-refractivity contribution in [2.24, 2.45) is 0 Å². The van der Waals surface area contributed by atoms with Gasteiger partial charge in [0, 0.05) is 25.4 Å². The van der Waals surface area contributed by atoms with E-state index in [9.17, 15) is 14.7 Å². The fourth-order valence-corrected chi connectivity index (χ4v) is 2.34. The molecule has 23 heavy (non-hydrogen) atoms. The molecule has 0 saturated heterocycles. The normalized spacial score (nSPS) is 11.3. The van der Waals surface area contributed by atoms with Crippen molar-refractivity contribution >= 4 is 5.91 Å². The van der Waals surface area contributed by atoms with Crippen LogP contribution in [0.3, 0.4) is 0 Å². The van der Waals surface area contributed by atoms with Gasteiger partial charge in [0.15, 0.2) is 0 Å². The summed E-state index contributed by atoms with van der Waals surface area (Å²) in [6.45, 7) is 3.87. The van der Waals surface area contributed by atoms with Crippen LogP contribution in [0.2, 0.25) is 0 Å². The predicted molar refractivity (Wildman–Crippen MR) is 88.9 cm³/mol. The SMILES string of the molecule is CC(C)(O)CN(Cc1ccccc1)C(=O)Cn1ccccc1=O. The summed E-state index contributed by atoms with van der Waals surface area (Å²) in [7, 11) is 0. The Bertz CT molecular complexity index is 702. The van der Waals surface area contributed by atoms with E-state index in [4.69, 9.17) is 0 Å². The largest absolute Gasteiger partial charge is 0.389 e. The summed E-state index contributed by atoms with van der Waals surface area (Å²) in [6, 6.07) is 14.4. The Balaban J connectivity index is 2.17. The van der Waals surface area contributed by atoms with Gasteiger partial charge in [-0.15, -0.1) is 0 Å². The zero-order valence-corrected chi connectivity index (χ0v) is 13.5. The summed E-state index contributed by atoms with van der Waals surface area (Å²) in [5, 5.41) is 10.1. The van der Waals surface area contributed by atoms with Crippen molar-refractivity contribution < 1.29 is 9.90 Å². The summed E-state index contributed by atoms with van der Waals surface area (Å²) in [5.74, 6) is -0.204. The molecule has 0 aliphatic rings. The molecule has 1 heterocycles. The molecule has 0 atom stereocenters. The molecule has 122 valence electrons. The van der Waals surface area contributed by atoms with Crippen molar-refractivity contribution in [3.05, 3.63) is 70.6 Å². The Labute approximate surface area is 135 Å². The standard InChI is InChI=1S/C18H22N2O3/c1-18(2,23)14-20(12-15-8-4-3-5-9-15)17(22)13-19-11-7-6-10-16(19)21/h3-11,23H,12-14H2,1-2H3. The quantitative estimate of drug-likeness (QED) is 0.882. The molecule has 1 amide bonds. The highest BCUT2D eigenvalue weighted by atomic mass is 16.3. The van der Waals surface area contributed by atoms with Crippen LogP contribution >= 0.6 is 0 Å². The van der Waals surface area contributed by atoms with E-state index in [1.54, 1.807) is 37.1 Å². The van der Waals surface area contributed by atoms with Crippen molar-refractivity contribution in [3.8, 4) is 0 Å². The van der Waals surface area contributed by atoms with Crippen molar-refractivity contribution in [1.82, 2.24) is 9.47 Å². The van der Waals surface area contributed by atoms with Gasteiger partial charge < -0.3 is 14.6 Å². The number of aliphatic hydroxyl groups is 1. The van der Waals surface area contributed by atoms with Gasteiger partial charge >= 0.3 is 0 Å². The van der Waals surface area contributed by atoms with Gasteiger partial charge in [0.1, 0.15) is 6.54 Å². The smallest absolute Gasteiger partial charge is 0.250 e. The van der Waals surface area contributed by atoms with Gasteiger partial charge in [-0.1, -0.05) is 36.4 Å². The average Bonchev–Trinajstić information content (AvgIpc) is 2.48. The van der Waals surface area contributed by atoms with E-state index in [0.29, 0.717) is 6.54 Å². The maximum atomic E-state index is 12.6. The number of pyridine rings is 1. The van der Waals surface area contributed by atoms with Gasteiger partial charge in [-0.3, -0.25) is 9.59 Å². The molecule has 1 aromatic heterocycles. The van der Waals surface area contributed by atoms with E-state index in [1.807, 2.05) is 30.3 Å². The summed E-state index contributed by atoms with van der Waals surface area (Å²) in [4.78, 5) is 25.9. The van der Waals surface area contributed by atoms with Crippen LogP contribution in [0.1, 0.15) is 19.4 Å². The molecule has 1 aromatic carbocycles. The number of aromatic nitrogens is 1. The molecule has 2 rings (SSSR count). The van der Waals surface area contributed by atoms with Crippen molar-refractivity contribution in [2.45, 2.75) is 32.5 Å². The Hall–Kier alpha value is -2.40. The van der Waals surface area contributed by atoms with Crippen LogP contribution in [0, 0.1) is 0 Å². The Kier molecular flexibility index (Phi) is 5.34. The molecule has 0 aliphatic carbocycles. The molecule has 1 N–H and O–H groups in total. The van der Waals surface area contributed by atoms with Crippen LogP contribution in [0.4, 0.5) is 0 Å². The average molecular weight is 314 g/mol. The third-order valence-electron chi connectivity index (χ3n) is 3.35. The highest BCUT2D eigenvalue weighted by molar-refractivity contribution is 5.76. The maximum absolute atomic E-state index is 12.6. The molecular weight excluding hydrogens is 292 g/mol. The van der Waals surface area contributed by atoms with Crippen LogP contribution in [0.15, 0.2) is 59.5 Å². The van der Waals surface area contributed by atoms with Crippen LogP contribution in [0.5, 0.6) is 0 Å². The fraction of sp³-hybridized carbons (Fsp3) is 0.333. The Morgan fingerprint density at radius 3 is 2.39 bits per heavy atom. The first kappa shape index (κ1) is 17.0. The molecular formula is C18H22N2O3. The maximum Gasteiger partial charge on any atom is 0.250 e. The molecule has 0 unspecified atom stereocenters. The number of carbonyl (C=O) groups excluding carboxylic acids is 1. The fourth-order valence-electron chi connectivity index (χ4n) is 2.34. The third kappa shape index (κ3) is 5.38. The van der Waals surface area contributed by atoms with Crippen LogP contribution in [-0.2, 0) is 17.9 Å². The molecule has 0 fully saturated rings. The van der Waals surface area contributed by atoms with Crippen molar-refractivity contribution in [2.75, 3.05) is 6.54 Å². The highest BCUT2D eigenvalue weighted by Crippen LogP contribution is 2.11. The molecule has 0 aliphatic heterocycles. The lowest BCUT2D eigenvalue weighted by Gasteiger charge is -2.29. The van der Waals surface area contributed by atoms with Crippen LogP contribution < -0.4 is 5.56 Å². The molecule has 0 bridgehead atoms. The highest BCUT2D eigenvalue weighted by Gasteiger charge is 2.23. The minimum atomic E-state index is -1.01. The molecule has 2 aromatic rings. The first-order chi connectivity index (χ1) is 10.8. The zero-order chi connectivity index (χ0) is 16.9. The second kappa shape index (κ2) is 7.24. The lowest BCUT2D eigenvalue weighted by atomic mass is 10.1. The monoisotopic (exact) mass is 314 g/mol. The minimum absolute atomic E-state index is 0.0391. The Morgan fingerprint density at radius 1 is 1.13 bits per heavy atom. The van der Waals surface area contributed by atoms with E-state index in [1.165, 1.54) is 10.6 Å². The van der Waals surface area contributed by atoms with E-state index in [2.05, 4.69) is 0 Å². The van der Waals surface area contributed by atoms with Gasteiger partial charge in [0.25, 0.3) is 5.56 Å². The van der Waals surface area contributed by atoms with Gasteiger partial charge in [-0.2, -0.15) is 0 Å². The summed E-state index contributed by atoms with van der Waals surface area (Å²) in [6.07, 6.45) is 1.59. The number of carbonyl (C=O) groups is 1. The third-order valence-corrected chi connectivity index (χ3v) is 3.35. The predicted octanol–water partition coefficient (Wildman–Crippen LogP) is 1.65. The van der Waals surface area contributed by atoms with Crippen molar-refractivity contribution in [1.29, 1.82) is 0 Å². The van der Waals surface area contributed by atoms with Gasteiger partial charge in [-0.25, -0.2) is 0 Å². The number of amides is 1. The summed E-state index contributed by atoms with van der Waals surface area (Å²) >= 11 is 0. The second-order valence-electron chi connectivity index (χ2n) is 6.21. The second-order valence-corrected chi connectivity index (χ2v) is 6.21. The first-order valence-electron chi connectivity index (χ1n) is 7.55. The molecule has 0 spiro atoms. The zero-order valence-electron chi connectivity index (χ0n) is 13.5. The van der Waals surface area contributed by atoms with Crippen LogP contribution in [0.25, 0.3) is 0 Å². The van der Waals surface area contributed by atoms with E-state index >= 15 is 0 Å². The van der Waals surface area contributed by atoms with Gasteiger partial charge in [0.05, 0.1) is 5.60 Å². The lowest BCUT2D eigenvalue weighted by molar-refractivity contribution is -0.135. The Morgan fingerprint density at radius 2 is 1.78 bits per heavy atom. The van der Waals surface area contributed by atoms with E-state index in [0.717, 1.165) is 5.56 Å². The molecule has 5 heteroatoms. The molecule has 0 saturated carbocycles. The van der Waals surface area contributed by atoms with Crippen molar-refractivity contribution in [3.63, 3.8) is 0 Å². The van der Waals surface area contributed by atoms with E-state index < -0.39 is 5.60 Å². The number of hydrogen-bond acceptors (Lipinski definition) is 3. The number of rotatable bonds is 6. The molecule has 0 radical (unpaired) electrons. The summed E-state index contributed by atoms with van der Waals surface area (Å²) in [5.41, 5.74) is -0.249. The number of benzene rings is 1. The van der Waals surface area contributed by atoms with Gasteiger partial charge in [0.2, 0.25) is 5.91 Å². The van der Waals surface area contributed by atoms with Gasteiger partial charge in [-0.05, 0) is 25.5 Å². The van der Waals surface area contributed by atoms with E-state index in [-0.39, 0.29) is 24.6 Å². The van der Waals surface area contributed by atoms with Crippen LogP contribution in [-0.4, -0.2) is 32.6 Å².